The van der Waals surface area contributed by atoms with Crippen LogP contribution in [0.1, 0.15) is 5.56 Å². The number of nitrogens with zero attached hydrogens (tertiary/aromatic N) is 4. The highest BCUT2D eigenvalue weighted by atomic mass is 16.6. The first-order valence-corrected chi connectivity index (χ1v) is 8.27. The Morgan fingerprint density at radius 2 is 1.81 bits per heavy atom. The molecule has 0 saturated heterocycles. The largest absolute Gasteiger partial charge is 0.270 e. The molecule has 0 bridgehead atoms. The quantitative estimate of drug-likeness (QED) is 0.412. The summed E-state index contributed by atoms with van der Waals surface area (Å²) in [4.78, 5) is 27.2. The first kappa shape index (κ1) is 16.6. The molecule has 7 heteroatoms. The van der Waals surface area contributed by atoms with Gasteiger partial charge in [0.25, 0.3) is 11.2 Å². The molecule has 0 atom stereocenters. The second-order valence-electron chi connectivity index (χ2n) is 6.01. The minimum atomic E-state index is -0.457. The fourth-order valence-corrected chi connectivity index (χ4v) is 2.95. The van der Waals surface area contributed by atoms with Gasteiger partial charge in [0.15, 0.2) is 0 Å². The Kier molecular flexibility index (Phi) is 4.18. The van der Waals surface area contributed by atoms with Crippen LogP contribution in [0.3, 0.4) is 0 Å². The van der Waals surface area contributed by atoms with E-state index in [1.54, 1.807) is 24.4 Å². The highest BCUT2D eigenvalue weighted by molar-refractivity contribution is 5.81. The minimum Gasteiger partial charge on any atom is -0.268 e. The highest BCUT2D eigenvalue weighted by Gasteiger charge is 2.10. The normalized spacial score (nSPS) is 10.8. The Morgan fingerprint density at radius 1 is 1.00 bits per heavy atom. The molecule has 0 fully saturated rings. The topological polar surface area (TPSA) is 90.9 Å². The lowest BCUT2D eigenvalue weighted by molar-refractivity contribution is -0.384. The summed E-state index contributed by atoms with van der Waals surface area (Å²) in [5.41, 5.74) is 2.48. The number of benzene rings is 2. The van der Waals surface area contributed by atoms with Gasteiger partial charge in [-0.1, -0.05) is 36.4 Å². The van der Waals surface area contributed by atoms with Crippen molar-refractivity contribution in [3.63, 3.8) is 0 Å². The Balaban J connectivity index is 1.76. The summed E-state index contributed by atoms with van der Waals surface area (Å²) >= 11 is 0. The molecular weight excluding hydrogens is 344 g/mol. The van der Waals surface area contributed by atoms with Crippen LogP contribution in [0, 0.1) is 10.1 Å². The number of hydrogen-bond acceptors (Lipinski definition) is 5. The molecule has 0 unspecified atom stereocenters. The predicted molar refractivity (Wildman–Crippen MR) is 101 cm³/mol. The summed E-state index contributed by atoms with van der Waals surface area (Å²) in [6, 6.07) is 18.8. The third-order valence-corrected chi connectivity index (χ3v) is 4.26. The smallest absolute Gasteiger partial charge is 0.268 e. The predicted octanol–water partition coefficient (Wildman–Crippen LogP) is 3.42. The third kappa shape index (κ3) is 3.30. The lowest BCUT2D eigenvalue weighted by Gasteiger charge is -2.09. The molecule has 0 radical (unpaired) electrons. The van der Waals surface area contributed by atoms with E-state index >= 15 is 0 Å². The Hall–Kier alpha value is -3.87. The molecule has 2 aromatic heterocycles. The van der Waals surface area contributed by atoms with Crippen LogP contribution in [0.5, 0.6) is 0 Å². The number of aromatic nitrogens is 3. The molecule has 0 amide bonds. The molecule has 2 heterocycles. The Labute approximate surface area is 153 Å². The zero-order valence-electron chi connectivity index (χ0n) is 14.1. The van der Waals surface area contributed by atoms with Crippen molar-refractivity contribution >= 4 is 16.6 Å². The summed E-state index contributed by atoms with van der Waals surface area (Å²) in [5.74, 6) is 0. The number of fused-ring (bicyclic) bond motifs is 1. The second-order valence-corrected chi connectivity index (χ2v) is 6.01. The number of nitro groups is 1. The van der Waals surface area contributed by atoms with E-state index < -0.39 is 4.92 Å². The maximum atomic E-state index is 12.3. The molecule has 7 nitrogen and oxygen atoms in total. The molecule has 4 aromatic rings. The SMILES string of the molecule is O=c1ccc(-c2cccc([N+](=O)[O-])c2)nn1Cc1cccc2cccnc12. The molecule has 4 rings (SSSR count). The third-order valence-electron chi connectivity index (χ3n) is 4.26. The van der Waals surface area contributed by atoms with Gasteiger partial charge in [-0.2, -0.15) is 5.10 Å². The summed E-state index contributed by atoms with van der Waals surface area (Å²) < 4.78 is 1.34. The molecule has 0 aliphatic heterocycles. The Bertz CT molecular complexity index is 1210. The van der Waals surface area contributed by atoms with Gasteiger partial charge in [0.2, 0.25) is 0 Å². The number of nitro benzene ring substituents is 1. The van der Waals surface area contributed by atoms with Crippen molar-refractivity contribution in [2.24, 2.45) is 0 Å². The minimum absolute atomic E-state index is 0.0229. The van der Waals surface area contributed by atoms with Gasteiger partial charge >= 0.3 is 0 Å². The maximum Gasteiger partial charge on any atom is 0.270 e. The standard InChI is InChI=1S/C20H14N4O3/c25-19-10-9-18(15-5-2-8-17(12-15)24(26)27)22-23(19)13-16-6-1-4-14-7-3-11-21-20(14)16/h1-12H,13H2. The van der Waals surface area contributed by atoms with Gasteiger partial charge in [-0.05, 0) is 17.7 Å². The lowest BCUT2D eigenvalue weighted by Crippen LogP contribution is -2.23. The van der Waals surface area contributed by atoms with Crippen molar-refractivity contribution in [2.75, 3.05) is 0 Å². The van der Waals surface area contributed by atoms with Gasteiger partial charge < -0.3 is 0 Å². The second kappa shape index (κ2) is 6.80. The van der Waals surface area contributed by atoms with Gasteiger partial charge in [0.1, 0.15) is 0 Å². The number of non-ortho nitro benzene ring substituents is 1. The molecular formula is C20H14N4O3. The average molecular weight is 358 g/mol. The van der Waals surface area contributed by atoms with Gasteiger partial charge in [-0.25, -0.2) is 4.68 Å². The summed E-state index contributed by atoms with van der Waals surface area (Å²) in [6.45, 7) is 0.260. The van der Waals surface area contributed by atoms with E-state index in [1.165, 1.54) is 22.9 Å². The van der Waals surface area contributed by atoms with E-state index in [-0.39, 0.29) is 17.8 Å². The van der Waals surface area contributed by atoms with E-state index in [0.29, 0.717) is 11.3 Å². The molecule has 27 heavy (non-hydrogen) atoms. The van der Waals surface area contributed by atoms with Gasteiger partial charge in [0.05, 0.1) is 22.7 Å². The van der Waals surface area contributed by atoms with Crippen molar-refractivity contribution in [1.29, 1.82) is 0 Å². The summed E-state index contributed by atoms with van der Waals surface area (Å²) in [7, 11) is 0. The summed E-state index contributed by atoms with van der Waals surface area (Å²) in [6.07, 6.45) is 1.71. The molecule has 2 aromatic carbocycles. The molecule has 0 spiro atoms. The number of para-hydroxylation sites is 1. The maximum absolute atomic E-state index is 12.3. The summed E-state index contributed by atoms with van der Waals surface area (Å²) in [5, 5.41) is 16.4. The van der Waals surface area contributed by atoms with Gasteiger partial charge in [0, 0.05) is 35.3 Å². The number of rotatable bonds is 4. The molecule has 132 valence electrons. The molecule has 0 aliphatic carbocycles. The highest BCUT2D eigenvalue weighted by Crippen LogP contribution is 2.22. The first-order valence-electron chi connectivity index (χ1n) is 8.27. The molecule has 0 aliphatic rings. The molecule has 0 N–H and O–H groups in total. The van der Waals surface area contributed by atoms with Crippen LogP contribution in [0.15, 0.2) is 77.7 Å². The number of pyridine rings is 1. The van der Waals surface area contributed by atoms with E-state index in [0.717, 1.165) is 16.5 Å². The van der Waals surface area contributed by atoms with Gasteiger partial charge in [-0.3, -0.25) is 19.9 Å². The van der Waals surface area contributed by atoms with Crippen LogP contribution in [0.25, 0.3) is 22.2 Å². The van der Waals surface area contributed by atoms with E-state index in [1.807, 2.05) is 30.3 Å². The molecule has 0 saturated carbocycles. The average Bonchev–Trinajstić information content (AvgIpc) is 2.70. The zero-order valence-corrected chi connectivity index (χ0v) is 14.1. The fraction of sp³-hybridized carbons (Fsp3) is 0.0500. The lowest BCUT2D eigenvalue weighted by atomic mass is 10.1. The van der Waals surface area contributed by atoms with Crippen molar-refractivity contribution < 1.29 is 4.92 Å². The van der Waals surface area contributed by atoms with Crippen molar-refractivity contribution in [3.8, 4) is 11.3 Å². The number of hydrogen-bond donors (Lipinski definition) is 0. The van der Waals surface area contributed by atoms with Crippen LogP contribution >= 0.6 is 0 Å². The van der Waals surface area contributed by atoms with Crippen molar-refractivity contribution in [3.05, 3.63) is 99.0 Å². The van der Waals surface area contributed by atoms with Crippen LogP contribution < -0.4 is 5.56 Å². The van der Waals surface area contributed by atoms with E-state index in [9.17, 15) is 14.9 Å². The van der Waals surface area contributed by atoms with Crippen LogP contribution in [0.4, 0.5) is 5.69 Å². The van der Waals surface area contributed by atoms with E-state index in [4.69, 9.17) is 0 Å². The van der Waals surface area contributed by atoms with Crippen molar-refractivity contribution in [2.45, 2.75) is 6.54 Å². The van der Waals surface area contributed by atoms with Crippen LogP contribution in [-0.4, -0.2) is 19.7 Å². The monoisotopic (exact) mass is 358 g/mol. The zero-order chi connectivity index (χ0) is 18.8. The Morgan fingerprint density at radius 3 is 2.67 bits per heavy atom. The van der Waals surface area contributed by atoms with Crippen molar-refractivity contribution in [1.82, 2.24) is 14.8 Å². The fourth-order valence-electron chi connectivity index (χ4n) is 2.95. The van der Waals surface area contributed by atoms with Crippen LogP contribution in [-0.2, 0) is 6.54 Å². The van der Waals surface area contributed by atoms with E-state index in [2.05, 4.69) is 10.1 Å². The van der Waals surface area contributed by atoms with Gasteiger partial charge in [-0.15, -0.1) is 0 Å². The first-order chi connectivity index (χ1) is 13.1. The van der Waals surface area contributed by atoms with Crippen LogP contribution in [0.2, 0.25) is 0 Å².